The van der Waals surface area contributed by atoms with Crippen molar-refractivity contribution in [3.05, 3.63) is 70.8 Å². The molecule has 0 radical (unpaired) electrons. The molecule has 0 unspecified atom stereocenters. The number of aromatic nitrogens is 4. The standard InChI is InChI=1S/C32H37N9O/c1-4-21-7-5-8-22-9-6-10-26(28(21)22)41-14-11-24-25(18-41)37-31(42-20-32(12-13-32)19-40(2)3)39-30(24)36-17-27-35-16-23(15-33)29(34)38-27/h5-10,16H,4,11-14,17-20H2,1-3H3,(H2,34,35,38)(H,36,37,39). The summed E-state index contributed by atoms with van der Waals surface area (Å²) in [5.74, 6) is 1.39. The van der Waals surface area contributed by atoms with E-state index in [2.05, 4.69) is 82.5 Å². The molecule has 1 saturated carbocycles. The largest absolute Gasteiger partial charge is 0.463 e. The van der Waals surface area contributed by atoms with Crippen molar-refractivity contribution in [1.29, 1.82) is 5.26 Å². The number of ether oxygens (including phenoxy) is 1. The Morgan fingerprint density at radius 3 is 2.67 bits per heavy atom. The Hall–Kier alpha value is -4.49. The Morgan fingerprint density at radius 2 is 1.95 bits per heavy atom. The number of nitriles is 1. The van der Waals surface area contributed by atoms with Crippen LogP contribution in [0, 0.1) is 16.7 Å². The first-order valence-electron chi connectivity index (χ1n) is 14.6. The zero-order chi connectivity index (χ0) is 29.3. The van der Waals surface area contributed by atoms with Crippen LogP contribution in [0.15, 0.2) is 42.6 Å². The number of anilines is 3. The molecular formula is C32H37N9O. The molecule has 3 heterocycles. The van der Waals surface area contributed by atoms with Gasteiger partial charge in [-0.1, -0.05) is 37.3 Å². The van der Waals surface area contributed by atoms with Gasteiger partial charge in [-0.25, -0.2) is 9.97 Å². The van der Waals surface area contributed by atoms with Crippen LogP contribution in [0.25, 0.3) is 10.8 Å². The summed E-state index contributed by atoms with van der Waals surface area (Å²) in [5.41, 5.74) is 11.0. The summed E-state index contributed by atoms with van der Waals surface area (Å²) in [6.07, 6.45) is 5.50. The highest BCUT2D eigenvalue weighted by Crippen LogP contribution is 2.46. The average molecular weight is 564 g/mol. The Labute approximate surface area is 246 Å². The van der Waals surface area contributed by atoms with Crippen molar-refractivity contribution in [2.24, 2.45) is 5.41 Å². The second-order valence-corrected chi connectivity index (χ2v) is 11.7. The van der Waals surface area contributed by atoms with Gasteiger partial charge in [0.25, 0.3) is 0 Å². The van der Waals surface area contributed by atoms with E-state index in [-0.39, 0.29) is 16.8 Å². The minimum absolute atomic E-state index is 0.162. The number of fused-ring (bicyclic) bond motifs is 2. The Bertz CT molecular complexity index is 1650. The fourth-order valence-electron chi connectivity index (χ4n) is 5.96. The van der Waals surface area contributed by atoms with E-state index in [4.69, 9.17) is 25.7 Å². The van der Waals surface area contributed by atoms with Crippen molar-refractivity contribution in [2.75, 3.05) is 49.7 Å². The maximum Gasteiger partial charge on any atom is 0.318 e. The van der Waals surface area contributed by atoms with Crippen molar-refractivity contribution in [3.8, 4) is 12.1 Å². The highest BCUT2D eigenvalue weighted by molar-refractivity contribution is 5.97. The number of rotatable bonds is 10. The molecule has 0 atom stereocenters. The predicted octanol–water partition coefficient (Wildman–Crippen LogP) is 4.33. The molecule has 1 fully saturated rings. The van der Waals surface area contributed by atoms with Crippen LogP contribution in [0.3, 0.4) is 0 Å². The number of hydrogen-bond donors (Lipinski definition) is 2. The molecular weight excluding hydrogens is 526 g/mol. The number of nitrogens with one attached hydrogen (secondary N) is 1. The van der Waals surface area contributed by atoms with Gasteiger partial charge in [0.15, 0.2) is 0 Å². The summed E-state index contributed by atoms with van der Waals surface area (Å²) in [6.45, 7) is 5.59. The first-order valence-corrected chi connectivity index (χ1v) is 14.6. The van der Waals surface area contributed by atoms with Crippen LogP contribution in [0.2, 0.25) is 0 Å². The van der Waals surface area contributed by atoms with E-state index in [0.717, 1.165) is 55.8 Å². The SMILES string of the molecule is CCc1cccc2cccc(N3CCc4c(nc(OCC5(CN(C)C)CC5)nc4NCc4ncc(C#N)c(N)n4)C3)c12. The van der Waals surface area contributed by atoms with E-state index in [1.54, 1.807) is 0 Å². The van der Waals surface area contributed by atoms with Gasteiger partial charge in [-0.3, -0.25) is 0 Å². The molecule has 4 aromatic rings. The molecule has 1 aliphatic heterocycles. The topological polar surface area (TPSA) is 129 Å². The van der Waals surface area contributed by atoms with E-state index in [1.165, 1.54) is 28.2 Å². The van der Waals surface area contributed by atoms with Gasteiger partial charge in [0.2, 0.25) is 0 Å². The van der Waals surface area contributed by atoms with E-state index < -0.39 is 0 Å². The molecule has 0 amide bonds. The van der Waals surface area contributed by atoms with E-state index in [0.29, 0.717) is 31.5 Å². The normalized spacial score (nSPS) is 15.4. The third-order valence-corrected chi connectivity index (χ3v) is 8.25. The van der Waals surface area contributed by atoms with Crippen LogP contribution in [-0.2, 0) is 25.9 Å². The van der Waals surface area contributed by atoms with Gasteiger partial charge in [-0.05, 0) is 56.8 Å². The number of nitrogens with two attached hydrogens (primary N) is 1. The van der Waals surface area contributed by atoms with Crippen molar-refractivity contribution in [2.45, 2.75) is 45.7 Å². The summed E-state index contributed by atoms with van der Waals surface area (Å²) in [5, 5.41) is 15.2. The zero-order valence-corrected chi connectivity index (χ0v) is 24.5. The molecule has 0 saturated heterocycles. The molecule has 42 heavy (non-hydrogen) atoms. The minimum Gasteiger partial charge on any atom is -0.463 e. The van der Waals surface area contributed by atoms with Crippen LogP contribution < -0.4 is 20.7 Å². The van der Waals surface area contributed by atoms with E-state index >= 15 is 0 Å². The predicted molar refractivity (Wildman–Crippen MR) is 164 cm³/mol. The van der Waals surface area contributed by atoms with Crippen LogP contribution in [0.5, 0.6) is 6.01 Å². The van der Waals surface area contributed by atoms with Gasteiger partial charge in [0.1, 0.15) is 29.1 Å². The highest BCUT2D eigenvalue weighted by Gasteiger charge is 2.44. The first-order chi connectivity index (χ1) is 20.4. The Morgan fingerprint density at radius 1 is 1.14 bits per heavy atom. The average Bonchev–Trinajstić information content (AvgIpc) is 3.76. The molecule has 10 nitrogen and oxygen atoms in total. The summed E-state index contributed by atoms with van der Waals surface area (Å²) in [4.78, 5) is 23.0. The first kappa shape index (κ1) is 27.7. The van der Waals surface area contributed by atoms with Gasteiger partial charge in [0.05, 0.1) is 31.6 Å². The monoisotopic (exact) mass is 563 g/mol. The maximum absolute atomic E-state index is 9.17. The maximum atomic E-state index is 9.17. The fourth-order valence-corrected chi connectivity index (χ4v) is 5.96. The zero-order valence-electron chi connectivity index (χ0n) is 24.5. The second-order valence-electron chi connectivity index (χ2n) is 11.7. The number of hydrogen-bond acceptors (Lipinski definition) is 10. The van der Waals surface area contributed by atoms with E-state index in [9.17, 15) is 0 Å². The summed E-state index contributed by atoms with van der Waals surface area (Å²) < 4.78 is 6.30. The van der Waals surface area contributed by atoms with Crippen LogP contribution in [0.4, 0.5) is 17.3 Å². The summed E-state index contributed by atoms with van der Waals surface area (Å²) >= 11 is 0. The number of aryl methyl sites for hydroxylation is 1. The third kappa shape index (κ3) is 5.65. The van der Waals surface area contributed by atoms with Gasteiger partial charge < -0.3 is 25.6 Å². The molecule has 2 aromatic heterocycles. The fraction of sp³-hybridized carbons (Fsp3) is 0.406. The quantitative estimate of drug-likeness (QED) is 0.288. The summed E-state index contributed by atoms with van der Waals surface area (Å²) in [7, 11) is 4.20. The van der Waals surface area contributed by atoms with Crippen molar-refractivity contribution in [1.82, 2.24) is 24.8 Å². The molecule has 0 spiro atoms. The smallest absolute Gasteiger partial charge is 0.318 e. The van der Waals surface area contributed by atoms with Gasteiger partial charge >= 0.3 is 6.01 Å². The number of benzene rings is 2. The number of nitrogen functional groups attached to an aromatic ring is 1. The lowest BCUT2D eigenvalue weighted by Gasteiger charge is -2.32. The molecule has 6 rings (SSSR count). The third-order valence-electron chi connectivity index (χ3n) is 8.25. The molecule has 3 N–H and O–H groups in total. The number of nitrogens with zero attached hydrogens (tertiary/aromatic N) is 7. The molecule has 2 aliphatic rings. The van der Waals surface area contributed by atoms with Crippen LogP contribution >= 0.6 is 0 Å². The summed E-state index contributed by atoms with van der Waals surface area (Å²) in [6, 6.07) is 15.5. The van der Waals surface area contributed by atoms with Gasteiger partial charge in [-0.2, -0.15) is 15.2 Å². The highest BCUT2D eigenvalue weighted by atomic mass is 16.5. The molecule has 216 valence electrons. The molecule has 10 heteroatoms. The molecule has 1 aliphatic carbocycles. The Balaban J connectivity index is 1.31. The van der Waals surface area contributed by atoms with Crippen molar-refractivity contribution >= 4 is 28.1 Å². The van der Waals surface area contributed by atoms with Crippen LogP contribution in [0.1, 0.15) is 48.0 Å². The van der Waals surface area contributed by atoms with Crippen molar-refractivity contribution < 1.29 is 4.74 Å². The lowest BCUT2D eigenvalue weighted by Crippen LogP contribution is -2.33. The van der Waals surface area contributed by atoms with E-state index in [1.807, 2.05) is 6.07 Å². The second kappa shape index (κ2) is 11.4. The Kier molecular flexibility index (Phi) is 7.52. The minimum atomic E-state index is 0.162. The lowest BCUT2D eigenvalue weighted by atomic mass is 9.98. The molecule has 0 bridgehead atoms. The van der Waals surface area contributed by atoms with Crippen LogP contribution in [-0.4, -0.2) is 58.6 Å². The lowest BCUT2D eigenvalue weighted by molar-refractivity contribution is 0.182. The van der Waals surface area contributed by atoms with Crippen molar-refractivity contribution in [3.63, 3.8) is 0 Å². The van der Waals surface area contributed by atoms with Gasteiger partial charge in [0, 0.05) is 35.1 Å². The van der Waals surface area contributed by atoms with Gasteiger partial charge in [-0.15, -0.1) is 0 Å². The molecule has 2 aromatic carbocycles.